The second kappa shape index (κ2) is 14.1. The van der Waals surface area contributed by atoms with Gasteiger partial charge in [-0.05, 0) is 43.0 Å². The molecule has 1 aromatic carbocycles. The summed E-state index contributed by atoms with van der Waals surface area (Å²) in [6.45, 7) is 4.34. The van der Waals surface area contributed by atoms with Crippen LogP contribution >= 0.6 is 0 Å². The van der Waals surface area contributed by atoms with Gasteiger partial charge in [-0.2, -0.15) is 0 Å². The molecule has 1 unspecified atom stereocenters. The van der Waals surface area contributed by atoms with Crippen molar-refractivity contribution < 1.29 is 13.5 Å². The Kier molecular flexibility index (Phi) is 11.3. The molecule has 0 saturated heterocycles. The second-order valence-electron chi connectivity index (χ2n) is 7.95. The van der Waals surface area contributed by atoms with Crippen LogP contribution < -0.4 is 4.74 Å². The van der Waals surface area contributed by atoms with Crippen LogP contribution in [0.1, 0.15) is 83.6 Å². The van der Waals surface area contributed by atoms with Crippen molar-refractivity contribution >= 4 is 0 Å². The van der Waals surface area contributed by atoms with Crippen molar-refractivity contribution in [2.75, 3.05) is 6.61 Å². The summed E-state index contributed by atoms with van der Waals surface area (Å²) in [5, 5.41) is 0. The van der Waals surface area contributed by atoms with Gasteiger partial charge in [0.2, 0.25) is 0 Å². The van der Waals surface area contributed by atoms with Gasteiger partial charge < -0.3 is 4.74 Å². The fraction of sp³-hybridized carbons (Fsp3) is 0.600. The molecule has 0 aliphatic rings. The van der Waals surface area contributed by atoms with Gasteiger partial charge in [-0.3, -0.25) is 0 Å². The molecule has 5 heteroatoms. The van der Waals surface area contributed by atoms with Gasteiger partial charge in [-0.25, -0.2) is 18.7 Å². The monoisotopic (exact) mass is 418 g/mol. The Morgan fingerprint density at radius 1 is 0.900 bits per heavy atom. The van der Waals surface area contributed by atoms with Crippen LogP contribution in [0.5, 0.6) is 5.75 Å². The summed E-state index contributed by atoms with van der Waals surface area (Å²) in [7, 11) is 0. The Labute approximate surface area is 180 Å². The van der Waals surface area contributed by atoms with E-state index < -0.39 is 12.0 Å². The molecule has 30 heavy (non-hydrogen) atoms. The number of hydrogen-bond donors (Lipinski definition) is 0. The summed E-state index contributed by atoms with van der Waals surface area (Å²) in [5.41, 5.74) is 1.72. The van der Waals surface area contributed by atoms with Crippen molar-refractivity contribution in [3.05, 3.63) is 42.0 Å². The lowest BCUT2D eigenvalue weighted by Crippen LogP contribution is -2.08. The smallest absolute Gasteiger partial charge is 0.165 e. The number of ether oxygens (including phenoxy) is 1. The molecule has 0 amide bonds. The van der Waals surface area contributed by atoms with Gasteiger partial charge in [-0.1, -0.05) is 58.8 Å². The van der Waals surface area contributed by atoms with Crippen LogP contribution in [0.3, 0.4) is 0 Å². The van der Waals surface area contributed by atoms with Gasteiger partial charge in [0.1, 0.15) is 6.17 Å². The third-order valence-electron chi connectivity index (χ3n) is 5.25. The molecule has 1 aromatic heterocycles. The minimum absolute atomic E-state index is 0.137. The zero-order valence-corrected chi connectivity index (χ0v) is 18.5. The number of unbranched alkanes of at least 4 members (excludes halogenated alkanes) is 6. The van der Waals surface area contributed by atoms with E-state index in [2.05, 4.69) is 16.9 Å². The maximum Gasteiger partial charge on any atom is 0.165 e. The fourth-order valence-corrected chi connectivity index (χ4v) is 3.43. The molecule has 0 N–H and O–H groups in total. The average molecular weight is 419 g/mol. The molecule has 2 aromatic rings. The molecule has 0 radical (unpaired) electrons. The summed E-state index contributed by atoms with van der Waals surface area (Å²) >= 11 is 0. The van der Waals surface area contributed by atoms with Gasteiger partial charge in [-0.15, -0.1) is 0 Å². The van der Waals surface area contributed by atoms with E-state index in [0.29, 0.717) is 17.8 Å². The third kappa shape index (κ3) is 8.76. The topological polar surface area (TPSA) is 35.0 Å². The Bertz CT molecular complexity index is 722. The molecule has 3 nitrogen and oxygen atoms in total. The van der Waals surface area contributed by atoms with Crippen molar-refractivity contribution in [3.63, 3.8) is 0 Å². The van der Waals surface area contributed by atoms with E-state index in [-0.39, 0.29) is 18.8 Å². The molecule has 166 valence electrons. The first-order valence-electron chi connectivity index (χ1n) is 11.5. The van der Waals surface area contributed by atoms with E-state index in [9.17, 15) is 8.78 Å². The predicted molar refractivity (Wildman–Crippen MR) is 119 cm³/mol. The lowest BCUT2D eigenvalue weighted by molar-refractivity contribution is 0.220. The Hall–Kier alpha value is -2.04. The first kappa shape index (κ1) is 24.2. The molecule has 0 aliphatic carbocycles. The SMILES string of the molecule is CCCCCCCCCc1cnc(-c2ccc(OCCC(F)CCC)c(F)c2)nc1. The first-order chi connectivity index (χ1) is 14.6. The van der Waals surface area contributed by atoms with Gasteiger partial charge in [0, 0.05) is 24.4 Å². The largest absolute Gasteiger partial charge is 0.490 e. The molecule has 0 aliphatic heterocycles. The van der Waals surface area contributed by atoms with Crippen LogP contribution in [0.2, 0.25) is 0 Å². The molecular formula is C25H36F2N2O. The van der Waals surface area contributed by atoms with E-state index in [1.807, 2.05) is 19.3 Å². The molecule has 0 saturated carbocycles. The fourth-order valence-electron chi connectivity index (χ4n) is 3.43. The van der Waals surface area contributed by atoms with Crippen molar-refractivity contribution in [3.8, 4) is 17.1 Å². The Morgan fingerprint density at radius 3 is 2.27 bits per heavy atom. The van der Waals surface area contributed by atoms with Gasteiger partial charge in [0.05, 0.1) is 6.61 Å². The van der Waals surface area contributed by atoms with Crippen LogP contribution in [-0.4, -0.2) is 22.7 Å². The van der Waals surface area contributed by atoms with Crippen molar-refractivity contribution in [1.82, 2.24) is 9.97 Å². The number of aromatic nitrogens is 2. The summed E-state index contributed by atoms with van der Waals surface area (Å²) in [4.78, 5) is 8.79. The number of alkyl halides is 1. The standard InChI is InChI=1S/C25H36F2N2O/c1-3-5-6-7-8-9-10-12-20-18-28-25(29-19-20)21-13-14-24(23(27)17-21)30-16-15-22(26)11-4-2/h13-14,17-19,22H,3-12,15-16H2,1-2H3. The number of rotatable bonds is 15. The summed E-state index contributed by atoms with van der Waals surface area (Å²) in [6.07, 6.45) is 14.3. The molecule has 1 atom stereocenters. The number of halogens is 2. The van der Waals surface area contributed by atoms with Crippen LogP contribution in [0.25, 0.3) is 11.4 Å². The summed E-state index contributed by atoms with van der Waals surface area (Å²) < 4.78 is 33.2. The lowest BCUT2D eigenvalue weighted by atomic mass is 10.1. The van der Waals surface area contributed by atoms with Crippen molar-refractivity contribution in [1.29, 1.82) is 0 Å². The molecular weight excluding hydrogens is 382 g/mol. The van der Waals surface area contributed by atoms with Crippen LogP contribution in [0, 0.1) is 5.82 Å². The van der Waals surface area contributed by atoms with E-state index >= 15 is 0 Å². The van der Waals surface area contributed by atoms with E-state index in [0.717, 1.165) is 24.8 Å². The number of aryl methyl sites for hydroxylation is 1. The molecule has 0 spiro atoms. The van der Waals surface area contributed by atoms with E-state index in [4.69, 9.17) is 4.74 Å². The lowest BCUT2D eigenvalue weighted by Gasteiger charge is -2.10. The minimum atomic E-state index is -0.898. The molecule has 0 fully saturated rings. The van der Waals surface area contributed by atoms with Gasteiger partial charge in [0.25, 0.3) is 0 Å². The van der Waals surface area contributed by atoms with Crippen LogP contribution in [-0.2, 0) is 6.42 Å². The maximum absolute atomic E-state index is 14.3. The summed E-state index contributed by atoms with van der Waals surface area (Å²) in [6, 6.07) is 4.68. The van der Waals surface area contributed by atoms with Gasteiger partial charge >= 0.3 is 0 Å². The Balaban J connectivity index is 1.79. The first-order valence-corrected chi connectivity index (χ1v) is 11.5. The maximum atomic E-state index is 14.3. The Morgan fingerprint density at radius 2 is 1.60 bits per heavy atom. The average Bonchev–Trinajstić information content (AvgIpc) is 2.75. The second-order valence-corrected chi connectivity index (χ2v) is 7.95. The quantitative estimate of drug-likeness (QED) is 0.281. The minimum Gasteiger partial charge on any atom is -0.490 e. The molecule has 0 bridgehead atoms. The van der Waals surface area contributed by atoms with Crippen molar-refractivity contribution in [2.45, 2.75) is 90.6 Å². The highest BCUT2D eigenvalue weighted by molar-refractivity contribution is 5.56. The predicted octanol–water partition coefficient (Wildman–Crippen LogP) is 7.48. The van der Waals surface area contributed by atoms with Crippen LogP contribution in [0.4, 0.5) is 8.78 Å². The highest BCUT2D eigenvalue weighted by Gasteiger charge is 2.10. The van der Waals surface area contributed by atoms with Gasteiger partial charge in [0.15, 0.2) is 17.4 Å². The van der Waals surface area contributed by atoms with Crippen molar-refractivity contribution in [2.24, 2.45) is 0 Å². The molecule has 2 rings (SSSR count). The number of hydrogen-bond acceptors (Lipinski definition) is 3. The number of nitrogens with zero attached hydrogens (tertiary/aromatic N) is 2. The highest BCUT2D eigenvalue weighted by Crippen LogP contribution is 2.24. The summed E-state index contributed by atoms with van der Waals surface area (Å²) in [5.74, 6) is 0.155. The zero-order chi connectivity index (χ0) is 21.6. The van der Waals surface area contributed by atoms with E-state index in [1.165, 1.54) is 44.6 Å². The normalized spacial score (nSPS) is 12.1. The zero-order valence-electron chi connectivity index (χ0n) is 18.5. The number of benzene rings is 1. The van der Waals surface area contributed by atoms with Crippen LogP contribution in [0.15, 0.2) is 30.6 Å². The highest BCUT2D eigenvalue weighted by atomic mass is 19.1. The third-order valence-corrected chi connectivity index (χ3v) is 5.25. The molecule has 1 heterocycles. The van der Waals surface area contributed by atoms with E-state index in [1.54, 1.807) is 12.1 Å².